The van der Waals surface area contributed by atoms with Gasteiger partial charge in [-0.15, -0.1) is 0 Å². The predicted octanol–water partition coefficient (Wildman–Crippen LogP) is 1.48. The molecule has 0 aliphatic carbocycles. The fraction of sp³-hybridized carbons (Fsp3) is 0.391. The molecule has 2 rings (SSSR count). The van der Waals surface area contributed by atoms with Gasteiger partial charge in [0, 0.05) is 46.3 Å². The molecular weight excluding hydrogens is 428 g/mol. The molecule has 0 saturated carbocycles. The Morgan fingerprint density at radius 2 is 1.76 bits per heavy atom. The minimum absolute atomic E-state index is 0.0400. The second-order valence-corrected chi connectivity index (χ2v) is 7.12. The van der Waals surface area contributed by atoms with E-state index in [1.54, 1.807) is 36.5 Å². The maximum absolute atomic E-state index is 13.1. The van der Waals surface area contributed by atoms with Gasteiger partial charge >= 0.3 is 0 Å². The topological polar surface area (TPSA) is 130 Å². The fourth-order valence-corrected chi connectivity index (χ4v) is 3.10. The van der Waals surface area contributed by atoms with Gasteiger partial charge in [-0.1, -0.05) is 18.2 Å². The van der Waals surface area contributed by atoms with Crippen LogP contribution in [0.4, 0.5) is 5.82 Å². The first-order valence-electron chi connectivity index (χ1n) is 10.5. The van der Waals surface area contributed by atoms with Crippen LogP contribution in [0.1, 0.15) is 24.4 Å². The average Bonchev–Trinajstić information content (AvgIpc) is 2.82. The summed E-state index contributed by atoms with van der Waals surface area (Å²) in [5.41, 5.74) is 0.519. The number of methoxy groups -OCH3 is 2. The van der Waals surface area contributed by atoms with E-state index in [1.165, 1.54) is 31.3 Å². The zero-order valence-corrected chi connectivity index (χ0v) is 18.8. The lowest BCUT2D eigenvalue weighted by Gasteiger charge is -2.31. The number of rotatable bonds is 13. The summed E-state index contributed by atoms with van der Waals surface area (Å²) >= 11 is 0. The molecule has 1 heterocycles. The molecule has 0 saturated heterocycles. The van der Waals surface area contributed by atoms with Gasteiger partial charge in [-0.2, -0.15) is 0 Å². The summed E-state index contributed by atoms with van der Waals surface area (Å²) in [6.07, 6.45) is 1.37. The molecule has 1 aromatic heterocycles. The van der Waals surface area contributed by atoms with Crippen molar-refractivity contribution in [3.63, 3.8) is 0 Å². The summed E-state index contributed by atoms with van der Waals surface area (Å²) in [6.45, 7) is 0.919. The van der Waals surface area contributed by atoms with E-state index in [2.05, 4.69) is 15.6 Å². The van der Waals surface area contributed by atoms with Crippen molar-refractivity contribution in [2.75, 3.05) is 45.8 Å². The highest BCUT2D eigenvalue weighted by Crippen LogP contribution is 2.24. The number of anilines is 1. The van der Waals surface area contributed by atoms with Gasteiger partial charge in [-0.25, -0.2) is 4.98 Å². The summed E-state index contributed by atoms with van der Waals surface area (Å²) in [4.78, 5) is 43.9. The van der Waals surface area contributed by atoms with Crippen molar-refractivity contribution < 1.29 is 29.0 Å². The number of ether oxygens (including phenoxy) is 2. The first-order chi connectivity index (χ1) is 16.0. The fourth-order valence-electron chi connectivity index (χ4n) is 3.10. The molecule has 2 aromatic rings. The van der Waals surface area contributed by atoms with Crippen LogP contribution >= 0.6 is 0 Å². The second-order valence-electron chi connectivity index (χ2n) is 7.12. The molecule has 0 aliphatic rings. The van der Waals surface area contributed by atoms with Crippen LogP contribution in [-0.4, -0.2) is 73.2 Å². The Labute approximate surface area is 192 Å². The van der Waals surface area contributed by atoms with Crippen LogP contribution in [0, 0.1) is 0 Å². The number of carbonyl (C=O) groups is 3. The van der Waals surface area contributed by atoms with E-state index in [-0.39, 0.29) is 50.1 Å². The van der Waals surface area contributed by atoms with E-state index < -0.39 is 11.9 Å². The zero-order valence-electron chi connectivity index (χ0n) is 18.8. The Bertz CT molecular complexity index is 892. The summed E-state index contributed by atoms with van der Waals surface area (Å²) < 4.78 is 10.1. The minimum atomic E-state index is -0.969. The van der Waals surface area contributed by atoms with Crippen LogP contribution in [0.15, 0.2) is 48.7 Å². The highest BCUT2D eigenvalue weighted by atomic mass is 16.5. The normalized spacial score (nSPS) is 11.5. The highest BCUT2D eigenvalue weighted by molar-refractivity contribution is 5.94. The SMILES string of the molecule is COCCNC(=O)C(c1ccc(O)cc1)N(CCOC)C(=O)CCC(=O)Nc1ccccn1. The molecule has 0 radical (unpaired) electrons. The Balaban J connectivity index is 2.17. The lowest BCUT2D eigenvalue weighted by Crippen LogP contribution is -2.45. The zero-order chi connectivity index (χ0) is 24.1. The van der Waals surface area contributed by atoms with E-state index in [4.69, 9.17) is 9.47 Å². The molecule has 0 bridgehead atoms. The summed E-state index contributed by atoms with van der Waals surface area (Å²) in [7, 11) is 3.02. The van der Waals surface area contributed by atoms with Gasteiger partial charge in [0.05, 0.1) is 13.2 Å². The van der Waals surface area contributed by atoms with Crippen molar-refractivity contribution in [3.05, 3.63) is 54.2 Å². The standard InChI is InChI=1S/C23H30N4O6/c1-32-15-13-25-23(31)22(17-6-8-18(28)9-7-17)27(14-16-33-2)21(30)11-10-20(29)26-19-5-3-4-12-24-19/h3-9,12,22,28H,10-11,13-16H2,1-2H3,(H,25,31)(H,24,26,29). The number of pyridine rings is 1. The first-order valence-corrected chi connectivity index (χ1v) is 10.5. The van der Waals surface area contributed by atoms with Crippen LogP contribution < -0.4 is 10.6 Å². The van der Waals surface area contributed by atoms with Gasteiger partial charge in [-0.05, 0) is 29.8 Å². The molecule has 0 spiro atoms. The molecule has 33 heavy (non-hydrogen) atoms. The number of benzene rings is 1. The molecule has 1 aromatic carbocycles. The molecular formula is C23H30N4O6. The number of carbonyl (C=O) groups excluding carboxylic acids is 3. The lowest BCUT2D eigenvalue weighted by molar-refractivity contribution is -0.142. The van der Waals surface area contributed by atoms with Gasteiger partial charge in [0.15, 0.2) is 0 Å². The van der Waals surface area contributed by atoms with Crippen molar-refractivity contribution in [2.45, 2.75) is 18.9 Å². The number of aromatic nitrogens is 1. The largest absolute Gasteiger partial charge is 0.508 e. The van der Waals surface area contributed by atoms with Crippen LogP contribution in [0.25, 0.3) is 0 Å². The number of hydrogen-bond donors (Lipinski definition) is 3. The van der Waals surface area contributed by atoms with Gasteiger partial charge in [0.1, 0.15) is 17.6 Å². The number of hydrogen-bond acceptors (Lipinski definition) is 7. The molecule has 1 unspecified atom stereocenters. The van der Waals surface area contributed by atoms with Crippen LogP contribution in [0.2, 0.25) is 0 Å². The van der Waals surface area contributed by atoms with E-state index in [0.717, 1.165) is 0 Å². The Hall–Kier alpha value is -3.50. The smallest absolute Gasteiger partial charge is 0.247 e. The van der Waals surface area contributed by atoms with Crippen LogP contribution in [0.3, 0.4) is 0 Å². The molecule has 1 atom stereocenters. The van der Waals surface area contributed by atoms with E-state index in [9.17, 15) is 19.5 Å². The maximum Gasteiger partial charge on any atom is 0.247 e. The lowest BCUT2D eigenvalue weighted by atomic mass is 10.0. The summed E-state index contributed by atoms with van der Waals surface area (Å²) in [5.74, 6) is -0.716. The van der Waals surface area contributed by atoms with Crippen molar-refractivity contribution in [1.29, 1.82) is 0 Å². The molecule has 3 amide bonds. The number of aromatic hydroxyl groups is 1. The van der Waals surface area contributed by atoms with E-state index in [0.29, 0.717) is 18.0 Å². The molecule has 178 valence electrons. The number of nitrogens with one attached hydrogen (secondary N) is 2. The first kappa shape index (κ1) is 25.8. The van der Waals surface area contributed by atoms with Crippen LogP contribution in [-0.2, 0) is 23.9 Å². The van der Waals surface area contributed by atoms with E-state index in [1.807, 2.05) is 0 Å². The number of phenolic OH excluding ortho intramolecular Hbond substituents is 1. The molecule has 0 fully saturated rings. The van der Waals surface area contributed by atoms with Crippen molar-refractivity contribution in [3.8, 4) is 5.75 Å². The maximum atomic E-state index is 13.1. The molecule has 10 nitrogen and oxygen atoms in total. The van der Waals surface area contributed by atoms with Crippen molar-refractivity contribution >= 4 is 23.5 Å². The third kappa shape index (κ3) is 8.51. The average molecular weight is 459 g/mol. The van der Waals surface area contributed by atoms with Gasteiger partial charge in [0.2, 0.25) is 17.7 Å². The Morgan fingerprint density at radius 3 is 2.39 bits per heavy atom. The van der Waals surface area contributed by atoms with Crippen LogP contribution in [0.5, 0.6) is 5.75 Å². The molecule has 10 heteroatoms. The van der Waals surface area contributed by atoms with Gasteiger partial charge in [0.25, 0.3) is 0 Å². The predicted molar refractivity (Wildman–Crippen MR) is 121 cm³/mol. The third-order valence-corrected chi connectivity index (χ3v) is 4.73. The molecule has 0 aliphatic heterocycles. The highest BCUT2D eigenvalue weighted by Gasteiger charge is 2.31. The number of nitrogens with zero attached hydrogens (tertiary/aromatic N) is 2. The van der Waals surface area contributed by atoms with Crippen molar-refractivity contribution in [2.24, 2.45) is 0 Å². The van der Waals surface area contributed by atoms with E-state index >= 15 is 0 Å². The minimum Gasteiger partial charge on any atom is -0.508 e. The van der Waals surface area contributed by atoms with Gasteiger partial charge in [-0.3, -0.25) is 14.4 Å². The summed E-state index contributed by atoms with van der Waals surface area (Å²) in [5, 5.41) is 15.0. The quantitative estimate of drug-likeness (QED) is 0.388. The second kappa shape index (κ2) is 13.8. The Kier molecular flexibility index (Phi) is 10.8. The number of phenols is 1. The number of amides is 3. The molecule has 3 N–H and O–H groups in total. The Morgan fingerprint density at radius 1 is 1.03 bits per heavy atom. The monoisotopic (exact) mass is 458 g/mol. The summed E-state index contributed by atoms with van der Waals surface area (Å²) in [6, 6.07) is 10.2. The third-order valence-electron chi connectivity index (χ3n) is 4.73. The van der Waals surface area contributed by atoms with Gasteiger partial charge < -0.3 is 30.1 Å². The van der Waals surface area contributed by atoms with Crippen molar-refractivity contribution in [1.82, 2.24) is 15.2 Å².